The van der Waals surface area contributed by atoms with Crippen molar-refractivity contribution >= 4 is 11.6 Å². The molecule has 0 saturated carbocycles. The van der Waals surface area contributed by atoms with E-state index in [0.29, 0.717) is 23.9 Å². The van der Waals surface area contributed by atoms with Crippen LogP contribution in [0, 0.1) is 13.8 Å². The van der Waals surface area contributed by atoms with Gasteiger partial charge in [0.1, 0.15) is 6.10 Å². The molecule has 0 radical (unpaired) electrons. The number of rotatable bonds is 5. The standard InChI is InChI=1S/C15H19ClN2O2/c1-10-5-4-6-11(2)13(10)15(19)14-12(16)9-17-18(14)7-8-20-3/h4-6,9,15,19H,7-8H2,1-3H3. The molecule has 1 aromatic carbocycles. The van der Waals surface area contributed by atoms with Crippen LogP contribution >= 0.6 is 11.6 Å². The van der Waals surface area contributed by atoms with E-state index in [1.807, 2.05) is 32.0 Å². The summed E-state index contributed by atoms with van der Waals surface area (Å²) >= 11 is 6.19. The van der Waals surface area contributed by atoms with Gasteiger partial charge in [-0.1, -0.05) is 29.8 Å². The number of methoxy groups -OCH3 is 1. The smallest absolute Gasteiger partial charge is 0.123 e. The van der Waals surface area contributed by atoms with Gasteiger partial charge in [0.15, 0.2) is 0 Å². The quantitative estimate of drug-likeness (QED) is 0.922. The molecule has 108 valence electrons. The highest BCUT2D eigenvalue weighted by atomic mass is 35.5. The first-order chi connectivity index (χ1) is 9.56. The van der Waals surface area contributed by atoms with Gasteiger partial charge < -0.3 is 9.84 Å². The summed E-state index contributed by atoms with van der Waals surface area (Å²) in [5.41, 5.74) is 3.57. The molecule has 4 nitrogen and oxygen atoms in total. The Bertz CT molecular complexity index is 575. The van der Waals surface area contributed by atoms with Crippen molar-refractivity contribution in [1.29, 1.82) is 0 Å². The van der Waals surface area contributed by atoms with E-state index in [1.165, 1.54) is 0 Å². The van der Waals surface area contributed by atoms with Crippen LogP contribution in [0.3, 0.4) is 0 Å². The third-order valence-corrected chi connectivity index (χ3v) is 3.71. The first-order valence-electron chi connectivity index (χ1n) is 6.50. The number of benzene rings is 1. The van der Waals surface area contributed by atoms with E-state index in [2.05, 4.69) is 5.10 Å². The highest BCUT2D eigenvalue weighted by molar-refractivity contribution is 6.31. The first kappa shape index (κ1) is 15.0. The molecule has 2 rings (SSSR count). The SMILES string of the molecule is COCCn1ncc(Cl)c1C(O)c1c(C)cccc1C. The summed E-state index contributed by atoms with van der Waals surface area (Å²) in [7, 11) is 1.63. The van der Waals surface area contributed by atoms with Crippen LogP contribution in [0.15, 0.2) is 24.4 Å². The second kappa shape index (κ2) is 6.39. The summed E-state index contributed by atoms with van der Waals surface area (Å²) in [5, 5.41) is 15.4. The predicted octanol–water partition coefficient (Wildman–Crippen LogP) is 2.88. The molecule has 0 amide bonds. The number of aryl methyl sites for hydroxylation is 2. The molecular weight excluding hydrogens is 276 g/mol. The Kier molecular flexibility index (Phi) is 4.81. The molecule has 0 spiro atoms. The van der Waals surface area contributed by atoms with Gasteiger partial charge in [-0.2, -0.15) is 5.10 Å². The van der Waals surface area contributed by atoms with Crippen LogP contribution < -0.4 is 0 Å². The number of hydrogen-bond donors (Lipinski definition) is 1. The lowest BCUT2D eigenvalue weighted by Gasteiger charge is -2.18. The Balaban J connectivity index is 2.43. The van der Waals surface area contributed by atoms with Gasteiger partial charge in [0.05, 0.1) is 30.1 Å². The number of aromatic nitrogens is 2. The van der Waals surface area contributed by atoms with Crippen LogP contribution in [-0.4, -0.2) is 28.6 Å². The maximum atomic E-state index is 10.7. The summed E-state index contributed by atoms with van der Waals surface area (Å²) in [6.45, 7) is 5.04. The van der Waals surface area contributed by atoms with E-state index in [-0.39, 0.29) is 0 Å². The van der Waals surface area contributed by atoms with Gasteiger partial charge in [-0.15, -0.1) is 0 Å². The molecule has 0 aliphatic heterocycles. The fourth-order valence-electron chi connectivity index (χ4n) is 2.40. The minimum atomic E-state index is -0.789. The fourth-order valence-corrected chi connectivity index (χ4v) is 2.64. The van der Waals surface area contributed by atoms with Crippen molar-refractivity contribution in [2.75, 3.05) is 13.7 Å². The average molecular weight is 295 g/mol. The monoisotopic (exact) mass is 294 g/mol. The van der Waals surface area contributed by atoms with E-state index >= 15 is 0 Å². The Morgan fingerprint density at radius 3 is 2.60 bits per heavy atom. The van der Waals surface area contributed by atoms with Gasteiger partial charge in [0.25, 0.3) is 0 Å². The predicted molar refractivity (Wildman–Crippen MR) is 79.1 cm³/mol. The second-order valence-electron chi connectivity index (χ2n) is 4.80. The zero-order chi connectivity index (χ0) is 14.7. The summed E-state index contributed by atoms with van der Waals surface area (Å²) in [6, 6.07) is 5.94. The zero-order valence-electron chi connectivity index (χ0n) is 11.9. The molecule has 5 heteroatoms. The molecular formula is C15H19ClN2O2. The van der Waals surface area contributed by atoms with Gasteiger partial charge in [-0.25, -0.2) is 0 Å². The highest BCUT2D eigenvalue weighted by Gasteiger charge is 2.22. The van der Waals surface area contributed by atoms with E-state index in [1.54, 1.807) is 18.0 Å². The van der Waals surface area contributed by atoms with Gasteiger partial charge in [-0.3, -0.25) is 4.68 Å². The largest absolute Gasteiger partial charge is 0.383 e. The fraction of sp³-hybridized carbons (Fsp3) is 0.400. The normalized spacial score (nSPS) is 12.7. The van der Waals surface area contributed by atoms with Crippen molar-refractivity contribution in [2.24, 2.45) is 0 Å². The molecule has 2 aromatic rings. The topological polar surface area (TPSA) is 47.3 Å². The van der Waals surface area contributed by atoms with E-state index in [4.69, 9.17) is 16.3 Å². The molecule has 1 atom stereocenters. The van der Waals surface area contributed by atoms with Crippen LogP contribution in [0.2, 0.25) is 5.02 Å². The van der Waals surface area contributed by atoms with Crippen molar-refractivity contribution in [1.82, 2.24) is 9.78 Å². The summed E-state index contributed by atoms with van der Waals surface area (Å²) in [4.78, 5) is 0. The molecule has 0 fully saturated rings. The van der Waals surface area contributed by atoms with Crippen molar-refractivity contribution < 1.29 is 9.84 Å². The molecule has 0 aliphatic rings. The third kappa shape index (κ3) is 2.87. The number of hydrogen-bond acceptors (Lipinski definition) is 3. The lowest BCUT2D eigenvalue weighted by molar-refractivity contribution is 0.171. The van der Waals surface area contributed by atoms with Crippen molar-refractivity contribution in [3.63, 3.8) is 0 Å². The van der Waals surface area contributed by atoms with Crippen molar-refractivity contribution in [3.8, 4) is 0 Å². The summed E-state index contributed by atoms with van der Waals surface area (Å²) in [6.07, 6.45) is 0.770. The number of ether oxygens (including phenoxy) is 1. The summed E-state index contributed by atoms with van der Waals surface area (Å²) in [5.74, 6) is 0. The number of aliphatic hydroxyl groups excluding tert-OH is 1. The van der Waals surface area contributed by atoms with E-state index < -0.39 is 6.10 Å². The third-order valence-electron chi connectivity index (χ3n) is 3.42. The molecule has 1 aromatic heterocycles. The number of halogens is 1. The van der Waals surface area contributed by atoms with Crippen LogP contribution in [0.4, 0.5) is 0 Å². The average Bonchev–Trinajstić information content (AvgIpc) is 2.77. The molecule has 20 heavy (non-hydrogen) atoms. The Hall–Kier alpha value is -1.36. The summed E-state index contributed by atoms with van der Waals surface area (Å²) < 4.78 is 6.75. The minimum absolute atomic E-state index is 0.469. The lowest BCUT2D eigenvalue weighted by Crippen LogP contribution is -2.15. The second-order valence-corrected chi connectivity index (χ2v) is 5.21. The van der Waals surface area contributed by atoms with Crippen molar-refractivity contribution in [2.45, 2.75) is 26.5 Å². The Labute approximate surface area is 123 Å². The Morgan fingerprint density at radius 2 is 2.00 bits per heavy atom. The van der Waals surface area contributed by atoms with E-state index in [9.17, 15) is 5.11 Å². The van der Waals surface area contributed by atoms with E-state index in [0.717, 1.165) is 16.7 Å². The molecule has 1 heterocycles. The molecule has 0 bridgehead atoms. The Morgan fingerprint density at radius 1 is 1.35 bits per heavy atom. The minimum Gasteiger partial charge on any atom is -0.383 e. The van der Waals surface area contributed by atoms with Gasteiger partial charge >= 0.3 is 0 Å². The lowest BCUT2D eigenvalue weighted by atomic mass is 9.96. The first-order valence-corrected chi connectivity index (χ1v) is 6.88. The van der Waals surface area contributed by atoms with Gasteiger partial charge in [0, 0.05) is 7.11 Å². The van der Waals surface area contributed by atoms with Crippen LogP contribution in [0.1, 0.15) is 28.5 Å². The molecule has 1 N–H and O–H groups in total. The van der Waals surface area contributed by atoms with Gasteiger partial charge in [-0.05, 0) is 30.5 Å². The molecule has 0 saturated heterocycles. The molecule has 1 unspecified atom stereocenters. The maximum Gasteiger partial charge on any atom is 0.123 e. The molecule has 0 aliphatic carbocycles. The van der Waals surface area contributed by atoms with Crippen molar-refractivity contribution in [3.05, 3.63) is 51.8 Å². The van der Waals surface area contributed by atoms with Crippen LogP contribution in [0.5, 0.6) is 0 Å². The highest BCUT2D eigenvalue weighted by Crippen LogP contribution is 2.31. The maximum absolute atomic E-state index is 10.7. The van der Waals surface area contributed by atoms with Gasteiger partial charge in [0.2, 0.25) is 0 Å². The van der Waals surface area contributed by atoms with Crippen LogP contribution in [-0.2, 0) is 11.3 Å². The number of aliphatic hydroxyl groups is 1. The zero-order valence-corrected chi connectivity index (χ0v) is 12.7. The number of nitrogens with zero attached hydrogens (tertiary/aromatic N) is 2. The van der Waals surface area contributed by atoms with Crippen LogP contribution in [0.25, 0.3) is 0 Å².